The molecule has 4 N–H and O–H groups in total. The van der Waals surface area contributed by atoms with E-state index >= 15 is 0 Å². The normalized spacial score (nSPS) is 14.1. The van der Waals surface area contributed by atoms with Gasteiger partial charge in [-0.05, 0) is 31.2 Å². The Hall–Kier alpha value is -2.08. The number of benzene rings is 1. The van der Waals surface area contributed by atoms with Crippen LogP contribution in [0.4, 0.5) is 11.4 Å². The third-order valence-electron chi connectivity index (χ3n) is 2.67. The standard InChI is InChI=1S/C12H15N3O3/c13-5-1-2-11(16)15-9-6-8(14)3-4-10(9)18-7-12(15)17/h3-4,6H,1-2,5,7,13-14H2. The minimum Gasteiger partial charge on any atom is -0.482 e. The Labute approximate surface area is 104 Å². The molecule has 1 aliphatic rings. The first kappa shape index (κ1) is 12.4. The molecule has 0 fully saturated rings. The van der Waals surface area contributed by atoms with Crippen molar-refractivity contribution in [3.63, 3.8) is 0 Å². The van der Waals surface area contributed by atoms with Crippen LogP contribution in [0, 0.1) is 0 Å². The summed E-state index contributed by atoms with van der Waals surface area (Å²) in [5, 5.41) is 0. The number of imide groups is 1. The second kappa shape index (κ2) is 5.05. The number of amides is 2. The van der Waals surface area contributed by atoms with E-state index in [0.717, 1.165) is 4.90 Å². The van der Waals surface area contributed by atoms with Crippen molar-refractivity contribution in [2.24, 2.45) is 5.73 Å². The van der Waals surface area contributed by atoms with Crippen molar-refractivity contribution >= 4 is 23.2 Å². The lowest BCUT2D eigenvalue weighted by molar-refractivity contribution is -0.128. The van der Waals surface area contributed by atoms with Crippen LogP contribution in [0.1, 0.15) is 12.8 Å². The number of nitrogen functional groups attached to an aromatic ring is 1. The molecular weight excluding hydrogens is 234 g/mol. The molecule has 0 bridgehead atoms. The van der Waals surface area contributed by atoms with Gasteiger partial charge >= 0.3 is 0 Å². The van der Waals surface area contributed by atoms with Crippen molar-refractivity contribution in [1.82, 2.24) is 0 Å². The molecule has 0 spiro atoms. The second-order valence-electron chi connectivity index (χ2n) is 4.03. The Morgan fingerprint density at radius 3 is 2.94 bits per heavy atom. The van der Waals surface area contributed by atoms with Crippen LogP contribution in [-0.4, -0.2) is 25.0 Å². The highest BCUT2D eigenvalue weighted by molar-refractivity contribution is 6.17. The number of hydrogen-bond acceptors (Lipinski definition) is 5. The van der Waals surface area contributed by atoms with Crippen molar-refractivity contribution in [2.45, 2.75) is 12.8 Å². The molecule has 0 saturated carbocycles. The number of rotatable bonds is 3. The van der Waals surface area contributed by atoms with Gasteiger partial charge in [0.25, 0.3) is 5.91 Å². The lowest BCUT2D eigenvalue weighted by Gasteiger charge is -2.28. The first-order chi connectivity index (χ1) is 8.63. The molecular formula is C12H15N3O3. The van der Waals surface area contributed by atoms with Crippen LogP contribution >= 0.6 is 0 Å². The van der Waals surface area contributed by atoms with Crippen molar-refractivity contribution < 1.29 is 14.3 Å². The lowest BCUT2D eigenvalue weighted by Crippen LogP contribution is -2.43. The topological polar surface area (TPSA) is 98.7 Å². The smallest absolute Gasteiger partial charge is 0.271 e. The highest BCUT2D eigenvalue weighted by atomic mass is 16.5. The maximum atomic E-state index is 12.0. The Morgan fingerprint density at radius 1 is 1.44 bits per heavy atom. The van der Waals surface area contributed by atoms with Gasteiger partial charge in [0.2, 0.25) is 5.91 Å². The summed E-state index contributed by atoms with van der Waals surface area (Å²) in [6.45, 7) is 0.277. The monoisotopic (exact) mass is 249 g/mol. The number of carbonyl (C=O) groups excluding carboxylic acids is 2. The highest BCUT2D eigenvalue weighted by Gasteiger charge is 2.30. The minimum atomic E-state index is -0.380. The summed E-state index contributed by atoms with van der Waals surface area (Å²) in [7, 11) is 0. The zero-order valence-corrected chi connectivity index (χ0v) is 9.89. The largest absolute Gasteiger partial charge is 0.482 e. The van der Waals surface area contributed by atoms with Crippen LogP contribution in [-0.2, 0) is 9.59 Å². The van der Waals surface area contributed by atoms with E-state index in [4.69, 9.17) is 16.2 Å². The van der Waals surface area contributed by atoms with E-state index in [1.807, 2.05) is 0 Å². The van der Waals surface area contributed by atoms with Gasteiger partial charge in [-0.1, -0.05) is 0 Å². The number of nitrogens with two attached hydrogens (primary N) is 2. The quantitative estimate of drug-likeness (QED) is 0.749. The molecule has 0 unspecified atom stereocenters. The molecule has 1 aromatic carbocycles. The molecule has 0 radical (unpaired) electrons. The summed E-state index contributed by atoms with van der Waals surface area (Å²) < 4.78 is 5.25. The number of hydrogen-bond donors (Lipinski definition) is 2. The summed E-state index contributed by atoms with van der Waals surface area (Å²) >= 11 is 0. The molecule has 0 atom stereocenters. The number of carbonyl (C=O) groups is 2. The summed E-state index contributed by atoms with van der Waals surface area (Å²) in [6.07, 6.45) is 0.775. The van der Waals surface area contributed by atoms with E-state index in [-0.39, 0.29) is 24.8 Å². The molecule has 1 aromatic rings. The third-order valence-corrected chi connectivity index (χ3v) is 2.67. The molecule has 0 saturated heterocycles. The van der Waals surface area contributed by atoms with E-state index in [2.05, 4.69) is 0 Å². The Balaban J connectivity index is 2.32. The molecule has 2 amide bonds. The minimum absolute atomic E-state index is 0.134. The van der Waals surface area contributed by atoms with E-state index in [1.54, 1.807) is 18.2 Å². The van der Waals surface area contributed by atoms with E-state index in [0.29, 0.717) is 30.1 Å². The van der Waals surface area contributed by atoms with Crippen LogP contribution in [0.25, 0.3) is 0 Å². The zero-order chi connectivity index (χ0) is 13.1. The van der Waals surface area contributed by atoms with Crippen molar-refractivity contribution in [3.05, 3.63) is 18.2 Å². The van der Waals surface area contributed by atoms with Gasteiger partial charge in [0, 0.05) is 12.1 Å². The first-order valence-electron chi connectivity index (χ1n) is 5.71. The summed E-state index contributed by atoms with van der Waals surface area (Å²) in [4.78, 5) is 24.9. The van der Waals surface area contributed by atoms with Gasteiger partial charge in [-0.25, -0.2) is 4.90 Å². The number of nitrogens with zero attached hydrogens (tertiary/aromatic N) is 1. The maximum Gasteiger partial charge on any atom is 0.271 e. The van der Waals surface area contributed by atoms with Crippen molar-refractivity contribution in [2.75, 3.05) is 23.8 Å². The molecule has 18 heavy (non-hydrogen) atoms. The summed E-state index contributed by atoms with van der Waals surface area (Å²) in [6, 6.07) is 4.88. The van der Waals surface area contributed by atoms with Crippen LogP contribution in [0.15, 0.2) is 18.2 Å². The molecule has 2 rings (SSSR count). The van der Waals surface area contributed by atoms with Gasteiger partial charge in [-0.2, -0.15) is 0 Å². The highest BCUT2D eigenvalue weighted by Crippen LogP contribution is 2.34. The predicted octanol–water partition coefficient (Wildman–Crippen LogP) is 0.260. The SMILES string of the molecule is NCCCC(=O)N1C(=O)COc2ccc(N)cc21. The van der Waals surface area contributed by atoms with Gasteiger partial charge in [0.1, 0.15) is 5.75 Å². The van der Waals surface area contributed by atoms with Crippen molar-refractivity contribution in [3.8, 4) is 5.75 Å². The third kappa shape index (κ3) is 2.28. The van der Waals surface area contributed by atoms with Crippen LogP contribution in [0.3, 0.4) is 0 Å². The fraction of sp³-hybridized carbons (Fsp3) is 0.333. The molecule has 1 aliphatic heterocycles. The fourth-order valence-corrected chi connectivity index (χ4v) is 1.81. The number of fused-ring (bicyclic) bond motifs is 1. The van der Waals surface area contributed by atoms with Gasteiger partial charge in [-0.3, -0.25) is 9.59 Å². The Bertz CT molecular complexity index is 487. The summed E-state index contributed by atoms with van der Waals surface area (Å²) in [5.74, 6) is -0.166. The number of ether oxygens (including phenoxy) is 1. The lowest BCUT2D eigenvalue weighted by atomic mass is 10.2. The molecule has 0 aliphatic carbocycles. The Morgan fingerprint density at radius 2 is 2.22 bits per heavy atom. The van der Waals surface area contributed by atoms with Gasteiger partial charge < -0.3 is 16.2 Å². The van der Waals surface area contributed by atoms with Gasteiger partial charge in [0.15, 0.2) is 6.61 Å². The van der Waals surface area contributed by atoms with Crippen LogP contribution in [0.5, 0.6) is 5.75 Å². The molecule has 6 heteroatoms. The summed E-state index contributed by atoms with van der Waals surface area (Å²) in [5.41, 5.74) is 11.9. The van der Waals surface area contributed by atoms with Crippen LogP contribution in [0.2, 0.25) is 0 Å². The van der Waals surface area contributed by atoms with Gasteiger partial charge in [-0.15, -0.1) is 0 Å². The maximum absolute atomic E-state index is 12.0. The van der Waals surface area contributed by atoms with Crippen molar-refractivity contribution in [1.29, 1.82) is 0 Å². The average molecular weight is 249 g/mol. The molecule has 1 heterocycles. The fourth-order valence-electron chi connectivity index (χ4n) is 1.81. The average Bonchev–Trinajstić information content (AvgIpc) is 2.35. The number of anilines is 2. The predicted molar refractivity (Wildman–Crippen MR) is 67.1 cm³/mol. The molecule has 6 nitrogen and oxygen atoms in total. The zero-order valence-electron chi connectivity index (χ0n) is 9.89. The van der Waals surface area contributed by atoms with Crippen LogP contribution < -0.4 is 21.1 Å². The molecule has 96 valence electrons. The van der Waals surface area contributed by atoms with Gasteiger partial charge in [0.05, 0.1) is 5.69 Å². The van der Waals surface area contributed by atoms with E-state index < -0.39 is 0 Å². The second-order valence-corrected chi connectivity index (χ2v) is 4.03. The van der Waals surface area contributed by atoms with E-state index in [9.17, 15) is 9.59 Å². The van der Waals surface area contributed by atoms with E-state index in [1.165, 1.54) is 0 Å². The molecule has 0 aromatic heterocycles. The first-order valence-corrected chi connectivity index (χ1v) is 5.71. The Kier molecular flexibility index (Phi) is 3.47.